The number of carboxylic acids is 2. The first-order valence-corrected chi connectivity index (χ1v) is 11.8. The van der Waals surface area contributed by atoms with Crippen molar-refractivity contribution < 1.29 is 53.3 Å². The van der Waals surface area contributed by atoms with E-state index in [1.54, 1.807) is 24.3 Å². The van der Waals surface area contributed by atoms with Crippen molar-refractivity contribution in [3.63, 3.8) is 0 Å². The van der Waals surface area contributed by atoms with Crippen LogP contribution in [0, 0.1) is 13.8 Å². The number of aryl methyl sites for hydroxylation is 2. The molecule has 1 saturated heterocycles. The molecule has 1 fully saturated rings. The molecular weight excluding hydrogens is 544 g/mol. The summed E-state index contributed by atoms with van der Waals surface area (Å²) < 4.78 is 0. The normalized spacial score (nSPS) is 13.7. The second kappa shape index (κ2) is 27.6. The van der Waals surface area contributed by atoms with E-state index in [9.17, 15) is 19.8 Å². The first-order valence-electron chi connectivity index (χ1n) is 11.8. The van der Waals surface area contributed by atoms with Crippen LogP contribution in [0.3, 0.4) is 0 Å². The zero-order valence-corrected chi connectivity index (χ0v) is 23.1. The molecule has 0 atom stereocenters. The van der Waals surface area contributed by atoms with Gasteiger partial charge in [-0.05, 0) is 64.0 Å². The van der Waals surface area contributed by atoms with Crippen molar-refractivity contribution in [2.45, 2.75) is 26.7 Å². The molecule has 11 nitrogen and oxygen atoms in total. The molecule has 1 radical (unpaired) electrons. The molecule has 0 saturated carbocycles. The molecule has 1 aliphatic heterocycles. The van der Waals surface area contributed by atoms with Gasteiger partial charge in [-0.25, -0.2) is 0 Å². The van der Waals surface area contributed by atoms with E-state index in [2.05, 4.69) is 21.3 Å². The van der Waals surface area contributed by atoms with Crippen molar-refractivity contribution in [1.29, 1.82) is 0 Å². The molecule has 0 aromatic heterocycles. The largest absolute Gasteiger partial charge is 2.00 e. The monoisotopic (exact) mass is 587 g/mol. The summed E-state index contributed by atoms with van der Waals surface area (Å²) >= 11 is 0. The van der Waals surface area contributed by atoms with Crippen LogP contribution in [0.4, 0.5) is 0 Å². The van der Waals surface area contributed by atoms with Crippen molar-refractivity contribution in [2.24, 2.45) is 0 Å². The third kappa shape index (κ3) is 22.8. The Balaban J connectivity index is -0.000000221. The van der Waals surface area contributed by atoms with Crippen LogP contribution in [0.5, 0.6) is 0 Å². The molecule has 221 valence electrons. The smallest absolute Gasteiger partial charge is 0.545 e. The average molecular weight is 588 g/mol. The van der Waals surface area contributed by atoms with Crippen molar-refractivity contribution in [3.8, 4) is 0 Å². The minimum atomic E-state index is -1.12. The number of hydrogen-bond donors (Lipinski definition) is 4. The van der Waals surface area contributed by atoms with E-state index in [1.807, 2.05) is 13.8 Å². The molecule has 38 heavy (non-hydrogen) atoms. The third-order valence-electron chi connectivity index (χ3n) is 4.95. The van der Waals surface area contributed by atoms with Crippen molar-refractivity contribution in [3.05, 3.63) is 70.8 Å². The number of rotatable bonds is 2. The van der Waals surface area contributed by atoms with Crippen LogP contribution in [0.25, 0.3) is 0 Å². The Bertz CT molecular complexity index is 717. The molecule has 0 aliphatic carbocycles. The molecule has 0 bridgehead atoms. The predicted octanol–water partition coefficient (Wildman–Crippen LogP) is -2.62. The molecule has 1 heterocycles. The minimum absolute atomic E-state index is 0. The van der Waals surface area contributed by atoms with Gasteiger partial charge in [-0.3, -0.25) is 0 Å². The molecule has 1 aliphatic rings. The Morgan fingerprint density at radius 3 is 0.974 bits per heavy atom. The summed E-state index contributed by atoms with van der Waals surface area (Å²) in [6, 6.07) is 13.1. The van der Waals surface area contributed by atoms with Gasteiger partial charge in [0.15, 0.2) is 0 Å². The summed E-state index contributed by atoms with van der Waals surface area (Å²) in [6.45, 7) is 12.7. The fourth-order valence-electron chi connectivity index (χ4n) is 2.91. The van der Waals surface area contributed by atoms with Gasteiger partial charge in [0.25, 0.3) is 0 Å². The van der Waals surface area contributed by atoms with Crippen LogP contribution in [0.15, 0.2) is 48.5 Å². The van der Waals surface area contributed by atoms with Gasteiger partial charge in [0.1, 0.15) is 0 Å². The van der Waals surface area contributed by atoms with Crippen LogP contribution < -0.4 is 31.5 Å². The number of aromatic carboxylic acids is 2. The summed E-state index contributed by atoms with van der Waals surface area (Å²) in [6.07, 6.45) is 2.44. The number of carboxylic acid groups (broad SMARTS) is 2. The number of hydrogen-bond acceptors (Lipinski definition) is 8. The molecule has 2 aromatic carbocycles. The van der Waals surface area contributed by atoms with E-state index in [-0.39, 0.29) is 44.6 Å². The second-order valence-corrected chi connectivity index (χ2v) is 8.01. The van der Waals surface area contributed by atoms with E-state index >= 15 is 0 Å². The van der Waals surface area contributed by atoms with Crippen LogP contribution in [0.1, 0.15) is 44.7 Å². The zero-order chi connectivity index (χ0) is 25.0. The Hall–Kier alpha value is -2.38. The quantitative estimate of drug-likeness (QED) is 0.271. The number of carbonyl (C=O) groups is 2. The fourth-order valence-corrected chi connectivity index (χ4v) is 2.91. The van der Waals surface area contributed by atoms with E-state index in [0.717, 1.165) is 63.5 Å². The van der Waals surface area contributed by atoms with Gasteiger partial charge in [-0.15, -0.1) is 0 Å². The SMILES string of the molecule is C1CNCCNCCCNCCNC1.Cc1ccc(C(=O)[O-])cc1.Cc1ccc(C(=O)[O-])cc1.O.O.O.[Cu+2]. The van der Waals surface area contributed by atoms with Crippen molar-refractivity contribution in [2.75, 3.05) is 52.4 Å². The van der Waals surface area contributed by atoms with E-state index in [4.69, 9.17) is 0 Å². The summed E-state index contributed by atoms with van der Waals surface area (Å²) in [7, 11) is 0. The first-order chi connectivity index (χ1) is 16.4. The van der Waals surface area contributed by atoms with Crippen LogP contribution in [0.2, 0.25) is 0 Å². The maximum absolute atomic E-state index is 10.2. The number of nitrogens with one attached hydrogen (secondary N) is 4. The van der Waals surface area contributed by atoms with Gasteiger partial charge < -0.3 is 57.5 Å². The number of carbonyl (C=O) groups excluding carboxylic acids is 2. The average Bonchev–Trinajstić information content (AvgIpc) is 2.82. The Kier molecular flexibility index (Phi) is 31.1. The van der Waals surface area contributed by atoms with E-state index < -0.39 is 11.9 Å². The van der Waals surface area contributed by atoms with E-state index in [1.165, 1.54) is 37.1 Å². The van der Waals surface area contributed by atoms with Crippen LogP contribution in [-0.2, 0) is 17.1 Å². The predicted molar refractivity (Wildman–Crippen MR) is 143 cm³/mol. The molecular formula is C26H44CuN4O7. The topological polar surface area (TPSA) is 223 Å². The fraction of sp³-hybridized carbons (Fsp3) is 0.462. The van der Waals surface area contributed by atoms with E-state index in [0.29, 0.717) is 0 Å². The Morgan fingerprint density at radius 1 is 0.526 bits per heavy atom. The number of benzene rings is 2. The van der Waals surface area contributed by atoms with Crippen molar-refractivity contribution in [1.82, 2.24) is 21.3 Å². The Morgan fingerprint density at radius 2 is 0.763 bits per heavy atom. The first kappa shape index (κ1) is 42.7. The van der Waals surface area contributed by atoms with Gasteiger partial charge in [0.05, 0.1) is 11.9 Å². The van der Waals surface area contributed by atoms with Gasteiger partial charge in [-0.1, -0.05) is 59.7 Å². The molecule has 10 N–H and O–H groups in total. The van der Waals surface area contributed by atoms with Crippen LogP contribution >= 0.6 is 0 Å². The summed E-state index contributed by atoms with van der Waals surface area (Å²) in [4.78, 5) is 20.4. The maximum Gasteiger partial charge on any atom is 2.00 e. The summed E-state index contributed by atoms with van der Waals surface area (Å²) in [5.74, 6) is -2.25. The zero-order valence-electron chi connectivity index (χ0n) is 22.1. The maximum atomic E-state index is 10.2. The minimum Gasteiger partial charge on any atom is -0.545 e. The summed E-state index contributed by atoms with van der Waals surface area (Å²) in [5.41, 5.74) is 2.55. The molecule has 12 heteroatoms. The summed E-state index contributed by atoms with van der Waals surface area (Å²) in [5, 5.41) is 34.1. The molecule has 0 unspecified atom stereocenters. The molecule has 2 aromatic rings. The van der Waals surface area contributed by atoms with Crippen LogP contribution in [-0.4, -0.2) is 80.7 Å². The van der Waals surface area contributed by atoms with Gasteiger partial charge in [0.2, 0.25) is 0 Å². The third-order valence-corrected chi connectivity index (χ3v) is 4.95. The molecule has 0 spiro atoms. The molecule has 3 rings (SSSR count). The van der Waals surface area contributed by atoms with Gasteiger partial charge >= 0.3 is 17.1 Å². The standard InChI is InChI=1S/C10H24N4.2C8H8O2.Cu.3H2O/c1-3-11-7-9-13-5-2-6-14-10-8-12-4-1;2*1-6-2-4-7(5-3-6)8(9)10;;;;/h11-14H,1-10H2;2*2-5H,1H3,(H,9,10);;3*1H2/q;;;+2;;;/p-2. The Labute approximate surface area is 236 Å². The van der Waals surface area contributed by atoms with Gasteiger partial charge in [-0.2, -0.15) is 0 Å². The molecule has 0 amide bonds. The van der Waals surface area contributed by atoms with Crippen molar-refractivity contribution >= 4 is 11.9 Å². The van der Waals surface area contributed by atoms with Gasteiger partial charge in [0, 0.05) is 26.2 Å². The second-order valence-electron chi connectivity index (χ2n) is 8.01.